The molecule has 0 saturated carbocycles. The number of hydrogen-bond acceptors (Lipinski definition) is 3. The van der Waals surface area contributed by atoms with Gasteiger partial charge >= 0.3 is 0 Å². The number of methoxy groups -OCH3 is 1. The van der Waals surface area contributed by atoms with Gasteiger partial charge in [-0.15, -0.1) is 0 Å². The molecule has 0 saturated heterocycles. The van der Waals surface area contributed by atoms with Gasteiger partial charge < -0.3 is 10.5 Å². The molecule has 1 heterocycles. The number of anilines is 1. The van der Waals surface area contributed by atoms with Crippen LogP contribution in [0.3, 0.4) is 0 Å². The van der Waals surface area contributed by atoms with E-state index >= 15 is 0 Å². The van der Waals surface area contributed by atoms with Crippen molar-refractivity contribution in [2.45, 2.75) is 19.8 Å². The smallest absolute Gasteiger partial charge is 0.149 e. The lowest BCUT2D eigenvalue weighted by Gasteiger charge is -2.12. The molecule has 0 bridgehead atoms. The minimum absolute atomic E-state index is 0.318. The molecule has 0 atom stereocenters. The lowest BCUT2D eigenvalue weighted by Crippen LogP contribution is -1.99. The highest BCUT2D eigenvalue weighted by Gasteiger charge is 2.20. The van der Waals surface area contributed by atoms with Crippen LogP contribution in [-0.2, 0) is 7.05 Å². The Kier molecular flexibility index (Phi) is 3.28. The van der Waals surface area contributed by atoms with E-state index in [1.807, 2.05) is 36.0 Å². The maximum atomic E-state index is 6.00. The third-order valence-electron chi connectivity index (χ3n) is 3.05. The summed E-state index contributed by atoms with van der Waals surface area (Å²) in [6.07, 6.45) is 0. The van der Waals surface area contributed by atoms with Crippen LogP contribution in [0.4, 0.5) is 5.82 Å². The van der Waals surface area contributed by atoms with Crippen LogP contribution < -0.4 is 10.5 Å². The van der Waals surface area contributed by atoms with E-state index in [0.29, 0.717) is 11.7 Å². The van der Waals surface area contributed by atoms with Crippen LogP contribution in [0.25, 0.3) is 11.3 Å². The molecule has 2 aromatic rings. The number of aromatic nitrogens is 2. The van der Waals surface area contributed by atoms with Gasteiger partial charge in [-0.3, -0.25) is 4.68 Å². The zero-order valence-electron chi connectivity index (χ0n) is 11.3. The highest BCUT2D eigenvalue weighted by atomic mass is 16.5. The summed E-state index contributed by atoms with van der Waals surface area (Å²) < 4.78 is 7.24. The number of hydrogen-bond donors (Lipinski definition) is 1. The Morgan fingerprint density at radius 2 is 1.94 bits per heavy atom. The molecule has 0 aliphatic carbocycles. The van der Waals surface area contributed by atoms with Crippen LogP contribution in [0.1, 0.15) is 25.3 Å². The second-order valence-corrected chi connectivity index (χ2v) is 4.63. The maximum absolute atomic E-state index is 6.00. The predicted molar refractivity (Wildman–Crippen MR) is 73.7 cm³/mol. The summed E-state index contributed by atoms with van der Waals surface area (Å²) in [5, 5.41) is 4.32. The Labute approximate surface area is 107 Å². The molecular weight excluding hydrogens is 226 g/mol. The molecule has 1 aromatic heterocycles. The number of nitrogens with zero attached hydrogens (tertiary/aromatic N) is 2. The van der Waals surface area contributed by atoms with Crippen molar-refractivity contribution in [3.8, 4) is 17.0 Å². The fourth-order valence-corrected chi connectivity index (χ4v) is 2.29. The van der Waals surface area contributed by atoms with Crippen molar-refractivity contribution in [1.82, 2.24) is 9.78 Å². The first-order chi connectivity index (χ1) is 8.56. The summed E-state index contributed by atoms with van der Waals surface area (Å²) in [5.74, 6) is 1.74. The first-order valence-corrected chi connectivity index (χ1v) is 6.02. The van der Waals surface area contributed by atoms with Gasteiger partial charge in [-0.2, -0.15) is 5.10 Å². The summed E-state index contributed by atoms with van der Waals surface area (Å²) in [7, 11) is 3.58. The Hall–Kier alpha value is -1.97. The molecule has 4 heteroatoms. The highest BCUT2D eigenvalue weighted by Crippen LogP contribution is 2.37. The fourth-order valence-electron chi connectivity index (χ4n) is 2.29. The zero-order valence-corrected chi connectivity index (χ0v) is 11.3. The molecule has 0 amide bonds. The third kappa shape index (κ3) is 1.94. The molecule has 1 aromatic carbocycles. The van der Waals surface area contributed by atoms with Crippen molar-refractivity contribution >= 4 is 5.82 Å². The van der Waals surface area contributed by atoms with Gasteiger partial charge in [-0.1, -0.05) is 26.0 Å². The van der Waals surface area contributed by atoms with E-state index in [-0.39, 0.29) is 0 Å². The average Bonchev–Trinajstić information content (AvgIpc) is 2.64. The van der Waals surface area contributed by atoms with Gasteiger partial charge in [0.05, 0.1) is 12.8 Å². The second kappa shape index (κ2) is 4.72. The number of ether oxygens (including phenoxy) is 1. The minimum Gasteiger partial charge on any atom is -0.496 e. The number of benzene rings is 1. The van der Waals surface area contributed by atoms with E-state index in [9.17, 15) is 0 Å². The summed E-state index contributed by atoms with van der Waals surface area (Å²) in [6.45, 7) is 4.23. The predicted octanol–water partition coefficient (Wildman–Crippen LogP) is 2.80. The minimum atomic E-state index is 0.318. The molecule has 96 valence electrons. The molecule has 2 N–H and O–H groups in total. The molecule has 0 aliphatic rings. The van der Waals surface area contributed by atoms with Crippen LogP contribution in [0.15, 0.2) is 24.3 Å². The Morgan fingerprint density at radius 1 is 1.28 bits per heavy atom. The molecule has 0 radical (unpaired) electrons. The summed E-state index contributed by atoms with van der Waals surface area (Å²) in [6, 6.07) is 7.92. The first kappa shape index (κ1) is 12.5. The largest absolute Gasteiger partial charge is 0.496 e. The van der Waals surface area contributed by atoms with Gasteiger partial charge in [0.15, 0.2) is 0 Å². The van der Waals surface area contributed by atoms with E-state index in [1.165, 1.54) is 0 Å². The van der Waals surface area contributed by atoms with Gasteiger partial charge in [0, 0.05) is 18.2 Å². The SMILES string of the molecule is COc1ccccc1-c1c(C(C)C)c(N)nn1C. The summed E-state index contributed by atoms with van der Waals surface area (Å²) in [5.41, 5.74) is 9.12. The lowest BCUT2D eigenvalue weighted by molar-refractivity contribution is 0.416. The third-order valence-corrected chi connectivity index (χ3v) is 3.05. The second-order valence-electron chi connectivity index (χ2n) is 4.63. The topological polar surface area (TPSA) is 53.1 Å². The normalized spacial score (nSPS) is 10.9. The molecule has 18 heavy (non-hydrogen) atoms. The van der Waals surface area contributed by atoms with Crippen molar-refractivity contribution < 1.29 is 4.74 Å². The monoisotopic (exact) mass is 245 g/mol. The number of nitrogen functional groups attached to an aromatic ring is 1. The maximum Gasteiger partial charge on any atom is 0.149 e. The van der Waals surface area contributed by atoms with Gasteiger partial charge in [-0.25, -0.2) is 0 Å². The Balaban J connectivity index is 2.70. The number of nitrogens with two attached hydrogens (primary N) is 1. The number of para-hydroxylation sites is 1. The van der Waals surface area contributed by atoms with E-state index in [1.54, 1.807) is 7.11 Å². The van der Waals surface area contributed by atoms with Crippen LogP contribution in [0.5, 0.6) is 5.75 Å². The van der Waals surface area contributed by atoms with Crippen molar-refractivity contribution in [3.63, 3.8) is 0 Å². The number of rotatable bonds is 3. The van der Waals surface area contributed by atoms with Crippen LogP contribution in [0, 0.1) is 0 Å². The van der Waals surface area contributed by atoms with Gasteiger partial charge in [0.2, 0.25) is 0 Å². The molecule has 2 rings (SSSR count). The molecule has 0 unspecified atom stereocenters. The molecule has 0 aliphatic heterocycles. The van der Waals surface area contributed by atoms with Crippen LogP contribution in [0.2, 0.25) is 0 Å². The molecular formula is C14H19N3O. The van der Waals surface area contributed by atoms with E-state index in [0.717, 1.165) is 22.6 Å². The van der Waals surface area contributed by atoms with Crippen LogP contribution >= 0.6 is 0 Å². The van der Waals surface area contributed by atoms with Crippen molar-refractivity contribution in [3.05, 3.63) is 29.8 Å². The van der Waals surface area contributed by atoms with E-state index in [4.69, 9.17) is 10.5 Å². The highest BCUT2D eigenvalue weighted by molar-refractivity contribution is 5.74. The Morgan fingerprint density at radius 3 is 2.56 bits per heavy atom. The van der Waals surface area contributed by atoms with Crippen molar-refractivity contribution in [2.24, 2.45) is 7.05 Å². The number of aryl methyl sites for hydroxylation is 1. The van der Waals surface area contributed by atoms with Gasteiger partial charge in [0.1, 0.15) is 11.6 Å². The lowest BCUT2D eigenvalue weighted by atomic mass is 9.98. The van der Waals surface area contributed by atoms with Gasteiger partial charge in [0.25, 0.3) is 0 Å². The molecule has 0 spiro atoms. The Bertz CT molecular complexity index is 558. The fraction of sp³-hybridized carbons (Fsp3) is 0.357. The van der Waals surface area contributed by atoms with E-state index in [2.05, 4.69) is 18.9 Å². The van der Waals surface area contributed by atoms with E-state index < -0.39 is 0 Å². The first-order valence-electron chi connectivity index (χ1n) is 6.02. The summed E-state index contributed by atoms with van der Waals surface area (Å²) >= 11 is 0. The quantitative estimate of drug-likeness (QED) is 0.904. The zero-order chi connectivity index (χ0) is 13.3. The molecule has 0 fully saturated rings. The summed E-state index contributed by atoms with van der Waals surface area (Å²) in [4.78, 5) is 0. The van der Waals surface area contributed by atoms with Crippen molar-refractivity contribution in [2.75, 3.05) is 12.8 Å². The van der Waals surface area contributed by atoms with Gasteiger partial charge in [-0.05, 0) is 18.1 Å². The standard InChI is InChI=1S/C14H19N3O/c1-9(2)12-13(17(3)16-14(12)15)10-7-5-6-8-11(10)18-4/h5-9H,1-4H3,(H2,15,16). The molecule has 4 nitrogen and oxygen atoms in total. The van der Waals surface area contributed by atoms with Crippen molar-refractivity contribution in [1.29, 1.82) is 0 Å². The average molecular weight is 245 g/mol. The van der Waals surface area contributed by atoms with Crippen LogP contribution in [-0.4, -0.2) is 16.9 Å².